The van der Waals surface area contributed by atoms with Crippen molar-refractivity contribution in [1.29, 1.82) is 0 Å². The summed E-state index contributed by atoms with van der Waals surface area (Å²) in [4.78, 5) is 0. The molecule has 1 aliphatic carbocycles. The van der Waals surface area contributed by atoms with Crippen LogP contribution in [-0.2, 0) is 19.0 Å². The number of fused-ring (bicyclic) bond motifs is 1. The number of aromatic hydroxyl groups is 1. The molecule has 1 saturated heterocycles. The first kappa shape index (κ1) is 19.9. The first-order chi connectivity index (χ1) is 13.9. The van der Waals surface area contributed by atoms with E-state index in [1.54, 1.807) is 0 Å². The molecule has 156 valence electrons. The average Bonchev–Trinajstić information content (AvgIpc) is 2.95. The summed E-state index contributed by atoms with van der Waals surface area (Å²) in [5, 5.41) is 25.9. The number of hydrogen-bond donors (Lipinski definition) is 3. The Hall–Kier alpha value is -2.35. The Morgan fingerprint density at radius 3 is 2.52 bits per heavy atom. The Morgan fingerprint density at radius 1 is 1.03 bits per heavy atom. The Morgan fingerprint density at radius 2 is 1.83 bits per heavy atom. The van der Waals surface area contributed by atoms with Crippen molar-refractivity contribution >= 4 is 5.82 Å². The molecule has 3 N–H and O–H groups in total. The van der Waals surface area contributed by atoms with Crippen LogP contribution in [0.25, 0.3) is 11.3 Å². The van der Waals surface area contributed by atoms with Gasteiger partial charge in [-0.1, -0.05) is 6.42 Å². The molecule has 0 bridgehead atoms. The third kappa shape index (κ3) is 4.32. The third-order valence-corrected chi connectivity index (χ3v) is 5.76. The van der Waals surface area contributed by atoms with Crippen molar-refractivity contribution in [1.82, 2.24) is 15.5 Å². The molecule has 0 radical (unpaired) electrons. The predicted molar refractivity (Wildman–Crippen MR) is 105 cm³/mol. The molecule has 1 fully saturated rings. The summed E-state index contributed by atoms with van der Waals surface area (Å²) >= 11 is 0. The van der Waals surface area contributed by atoms with Crippen molar-refractivity contribution in [3.05, 3.63) is 34.9 Å². The molecule has 1 aliphatic heterocycles. The van der Waals surface area contributed by atoms with Crippen LogP contribution < -0.4 is 10.6 Å². The minimum atomic E-state index is -4.50. The number of phenolic OH excluding ortho intramolecular Hbond substituents is 1. The summed E-state index contributed by atoms with van der Waals surface area (Å²) in [6.07, 6.45) is 2.39. The van der Waals surface area contributed by atoms with E-state index in [9.17, 15) is 18.3 Å². The number of piperidine rings is 1. The van der Waals surface area contributed by atoms with Crippen LogP contribution in [0.5, 0.6) is 5.75 Å². The summed E-state index contributed by atoms with van der Waals surface area (Å²) in [6.45, 7) is 1.89. The zero-order chi connectivity index (χ0) is 20.4. The molecule has 1 aromatic heterocycles. The Kier molecular flexibility index (Phi) is 5.63. The molecule has 0 amide bonds. The van der Waals surface area contributed by atoms with E-state index >= 15 is 0 Å². The molecule has 5 nitrogen and oxygen atoms in total. The molecule has 2 aliphatic rings. The highest BCUT2D eigenvalue weighted by Gasteiger charge is 2.32. The van der Waals surface area contributed by atoms with E-state index in [1.807, 2.05) is 0 Å². The van der Waals surface area contributed by atoms with Gasteiger partial charge in [0.25, 0.3) is 0 Å². The van der Waals surface area contributed by atoms with Crippen molar-refractivity contribution in [2.24, 2.45) is 0 Å². The quantitative estimate of drug-likeness (QED) is 0.663. The molecular weight excluding hydrogens is 381 g/mol. The maximum Gasteiger partial charge on any atom is 0.416 e. The van der Waals surface area contributed by atoms with Gasteiger partial charge in [0.15, 0.2) is 5.82 Å². The van der Waals surface area contributed by atoms with E-state index in [4.69, 9.17) is 0 Å². The highest BCUT2D eigenvalue weighted by atomic mass is 19.4. The average molecular weight is 406 g/mol. The summed E-state index contributed by atoms with van der Waals surface area (Å²) < 4.78 is 38.9. The number of rotatable bonds is 3. The summed E-state index contributed by atoms with van der Waals surface area (Å²) in [7, 11) is 0. The number of phenols is 1. The molecule has 29 heavy (non-hydrogen) atoms. The van der Waals surface area contributed by atoms with Crippen molar-refractivity contribution < 1.29 is 18.3 Å². The van der Waals surface area contributed by atoms with Gasteiger partial charge in [-0.3, -0.25) is 0 Å². The highest BCUT2D eigenvalue weighted by molar-refractivity contribution is 5.73. The van der Waals surface area contributed by atoms with Gasteiger partial charge in [0.05, 0.1) is 5.56 Å². The molecule has 8 heteroatoms. The normalized spacial score (nSPS) is 20.0. The van der Waals surface area contributed by atoms with E-state index in [0.29, 0.717) is 11.3 Å². The highest BCUT2D eigenvalue weighted by Crippen LogP contribution is 2.39. The second kappa shape index (κ2) is 8.18. The van der Waals surface area contributed by atoms with E-state index in [2.05, 4.69) is 20.8 Å². The van der Waals surface area contributed by atoms with E-state index in [1.165, 1.54) is 6.07 Å². The Bertz CT molecular complexity index is 879. The molecule has 4 rings (SSSR count). The molecule has 0 spiro atoms. The number of benzene rings is 1. The number of alkyl halides is 3. The Labute approximate surface area is 167 Å². The zero-order valence-electron chi connectivity index (χ0n) is 16.1. The topological polar surface area (TPSA) is 70.1 Å². The van der Waals surface area contributed by atoms with Gasteiger partial charge >= 0.3 is 6.18 Å². The first-order valence-corrected chi connectivity index (χ1v) is 10.2. The minimum Gasteiger partial charge on any atom is -0.507 e. The molecule has 1 atom stereocenters. The van der Waals surface area contributed by atoms with Gasteiger partial charge in [-0.25, -0.2) is 0 Å². The molecule has 2 aromatic rings. The van der Waals surface area contributed by atoms with E-state index < -0.39 is 17.5 Å². The predicted octanol–water partition coefficient (Wildman–Crippen LogP) is 4.30. The van der Waals surface area contributed by atoms with Crippen LogP contribution in [-0.4, -0.2) is 34.4 Å². The fourth-order valence-corrected chi connectivity index (χ4v) is 4.23. The maximum atomic E-state index is 13.0. The molecule has 1 aromatic carbocycles. The van der Waals surface area contributed by atoms with Crippen LogP contribution in [0.2, 0.25) is 0 Å². The van der Waals surface area contributed by atoms with Crippen LogP contribution in [0, 0.1) is 0 Å². The van der Waals surface area contributed by atoms with Gasteiger partial charge in [0, 0.05) is 23.7 Å². The third-order valence-electron chi connectivity index (χ3n) is 5.76. The standard InChI is InChI=1S/C21H25F3N4O/c22-21(23,24)13-8-9-17(18(29)11-13)19-15-6-2-1-3-7-16(15)20(28-27-19)26-14-5-4-10-25-12-14/h8-9,11,14,25,29H,1-7,10,12H2,(H,26,28)/t14-/m1/s1. The number of halogens is 3. The van der Waals surface area contributed by atoms with Gasteiger partial charge in [0.2, 0.25) is 0 Å². The monoisotopic (exact) mass is 406 g/mol. The number of nitrogens with one attached hydrogen (secondary N) is 2. The van der Waals surface area contributed by atoms with Crippen LogP contribution in [0.15, 0.2) is 18.2 Å². The first-order valence-electron chi connectivity index (χ1n) is 10.2. The second-order valence-corrected chi connectivity index (χ2v) is 7.83. The van der Waals surface area contributed by atoms with Gasteiger partial charge in [-0.2, -0.15) is 13.2 Å². The van der Waals surface area contributed by atoms with E-state index in [-0.39, 0.29) is 6.04 Å². The van der Waals surface area contributed by atoms with Crippen molar-refractivity contribution in [3.63, 3.8) is 0 Å². The fourth-order valence-electron chi connectivity index (χ4n) is 4.23. The molecular formula is C21H25F3N4O. The summed E-state index contributed by atoms with van der Waals surface area (Å²) in [6, 6.07) is 3.33. The lowest BCUT2D eigenvalue weighted by atomic mass is 9.96. The SMILES string of the molecule is Oc1cc(C(F)(F)F)ccc1-c1nnc(N[C@@H]2CCCNC2)c2c1CCCCC2. The molecule has 2 heterocycles. The number of aromatic nitrogens is 2. The van der Waals surface area contributed by atoms with Gasteiger partial charge in [-0.15, -0.1) is 10.2 Å². The van der Waals surface area contributed by atoms with E-state index in [0.717, 1.165) is 87.1 Å². The lowest BCUT2D eigenvalue weighted by Crippen LogP contribution is -2.39. The van der Waals surface area contributed by atoms with Gasteiger partial charge in [-0.05, 0) is 68.8 Å². The molecule has 0 saturated carbocycles. The largest absolute Gasteiger partial charge is 0.507 e. The lowest BCUT2D eigenvalue weighted by Gasteiger charge is -2.26. The Balaban J connectivity index is 1.73. The van der Waals surface area contributed by atoms with Gasteiger partial charge in [0.1, 0.15) is 11.4 Å². The zero-order valence-corrected chi connectivity index (χ0v) is 16.1. The number of anilines is 1. The summed E-state index contributed by atoms with van der Waals surface area (Å²) in [5.74, 6) is 0.350. The molecule has 0 unspecified atom stereocenters. The van der Waals surface area contributed by atoms with Crippen LogP contribution >= 0.6 is 0 Å². The smallest absolute Gasteiger partial charge is 0.416 e. The number of hydrogen-bond acceptors (Lipinski definition) is 5. The second-order valence-electron chi connectivity index (χ2n) is 7.83. The van der Waals surface area contributed by atoms with Crippen molar-refractivity contribution in [2.75, 3.05) is 18.4 Å². The fraction of sp³-hybridized carbons (Fsp3) is 0.524. The minimum absolute atomic E-state index is 0.288. The van der Waals surface area contributed by atoms with Crippen LogP contribution in [0.4, 0.5) is 19.0 Å². The number of nitrogens with zero attached hydrogens (tertiary/aromatic N) is 2. The van der Waals surface area contributed by atoms with Crippen molar-refractivity contribution in [2.45, 2.75) is 57.2 Å². The lowest BCUT2D eigenvalue weighted by molar-refractivity contribution is -0.137. The van der Waals surface area contributed by atoms with Crippen molar-refractivity contribution in [3.8, 4) is 17.0 Å². The maximum absolute atomic E-state index is 13.0. The van der Waals surface area contributed by atoms with Crippen LogP contribution in [0.3, 0.4) is 0 Å². The van der Waals surface area contributed by atoms with Crippen LogP contribution in [0.1, 0.15) is 48.8 Å². The summed E-state index contributed by atoms with van der Waals surface area (Å²) in [5.41, 5.74) is 1.98. The van der Waals surface area contributed by atoms with Gasteiger partial charge < -0.3 is 15.7 Å².